The van der Waals surface area contributed by atoms with Gasteiger partial charge in [0.2, 0.25) is 5.91 Å². The Balaban J connectivity index is 1.64. The highest BCUT2D eigenvalue weighted by atomic mass is 16.5. The number of carbonyl (C=O) groups is 1. The van der Waals surface area contributed by atoms with Crippen molar-refractivity contribution in [1.29, 1.82) is 0 Å². The molecule has 0 spiro atoms. The fourth-order valence-electron chi connectivity index (χ4n) is 4.45. The maximum Gasteiger partial charge on any atom is 0.227 e. The number of piperidine rings is 1. The van der Waals surface area contributed by atoms with Crippen LogP contribution in [0.2, 0.25) is 0 Å². The predicted octanol–water partition coefficient (Wildman–Crippen LogP) is 2.41. The Bertz CT molecular complexity index is 545. The van der Waals surface area contributed by atoms with Gasteiger partial charge in [-0.15, -0.1) is 0 Å². The fourth-order valence-corrected chi connectivity index (χ4v) is 4.45. The van der Waals surface area contributed by atoms with E-state index in [2.05, 4.69) is 21.3 Å². The zero-order valence-electron chi connectivity index (χ0n) is 15.4. The molecule has 1 aromatic heterocycles. The number of hydrogen-bond acceptors (Lipinski definition) is 4. The number of pyridine rings is 1. The second-order valence-corrected chi connectivity index (χ2v) is 7.45. The standard InChI is InChI=1S/C20H31N3O2/c1-21-19(24)20(10-4-7-17-6-2-3-12-22-17)11-5-13-23(16-20)18-8-14-25-15-9-18/h2-3,6,12,18H,4-5,7-11,13-16H2,1H3,(H,21,24). The van der Waals surface area contributed by atoms with E-state index in [1.54, 1.807) is 7.05 Å². The van der Waals surface area contributed by atoms with Crippen molar-refractivity contribution >= 4 is 5.91 Å². The molecule has 2 aliphatic heterocycles. The van der Waals surface area contributed by atoms with Crippen LogP contribution in [0.4, 0.5) is 0 Å². The Kier molecular flexibility index (Phi) is 6.43. The molecule has 0 saturated carbocycles. The molecule has 5 nitrogen and oxygen atoms in total. The van der Waals surface area contributed by atoms with Crippen molar-refractivity contribution in [3.8, 4) is 0 Å². The van der Waals surface area contributed by atoms with Crippen molar-refractivity contribution in [3.05, 3.63) is 30.1 Å². The Morgan fingerprint density at radius 1 is 1.40 bits per heavy atom. The maximum absolute atomic E-state index is 12.8. The monoisotopic (exact) mass is 345 g/mol. The van der Waals surface area contributed by atoms with E-state index < -0.39 is 0 Å². The van der Waals surface area contributed by atoms with Gasteiger partial charge in [0.1, 0.15) is 0 Å². The fraction of sp³-hybridized carbons (Fsp3) is 0.700. The second-order valence-electron chi connectivity index (χ2n) is 7.45. The third kappa shape index (κ3) is 4.59. The highest BCUT2D eigenvalue weighted by molar-refractivity contribution is 5.82. The van der Waals surface area contributed by atoms with E-state index in [0.29, 0.717) is 6.04 Å². The summed E-state index contributed by atoms with van der Waals surface area (Å²) < 4.78 is 5.51. The van der Waals surface area contributed by atoms with Crippen molar-refractivity contribution in [2.24, 2.45) is 5.41 Å². The van der Waals surface area contributed by atoms with Crippen LogP contribution in [0, 0.1) is 5.41 Å². The van der Waals surface area contributed by atoms with Gasteiger partial charge < -0.3 is 10.1 Å². The molecule has 2 fully saturated rings. The van der Waals surface area contributed by atoms with Crippen LogP contribution in [0.25, 0.3) is 0 Å². The molecule has 0 radical (unpaired) electrons. The first-order chi connectivity index (χ1) is 12.2. The van der Waals surface area contributed by atoms with Gasteiger partial charge in [0, 0.05) is 44.7 Å². The van der Waals surface area contributed by atoms with Gasteiger partial charge in [0.15, 0.2) is 0 Å². The number of aryl methyl sites for hydroxylation is 1. The Morgan fingerprint density at radius 2 is 2.24 bits per heavy atom. The average molecular weight is 345 g/mol. The first-order valence-electron chi connectivity index (χ1n) is 9.67. The van der Waals surface area contributed by atoms with Crippen LogP contribution >= 0.6 is 0 Å². The van der Waals surface area contributed by atoms with Crippen molar-refractivity contribution in [2.75, 3.05) is 33.4 Å². The van der Waals surface area contributed by atoms with Gasteiger partial charge >= 0.3 is 0 Å². The number of rotatable bonds is 6. The second kappa shape index (κ2) is 8.77. The summed E-state index contributed by atoms with van der Waals surface area (Å²) in [6.07, 6.45) is 9.02. The molecular weight excluding hydrogens is 314 g/mol. The predicted molar refractivity (Wildman–Crippen MR) is 98.3 cm³/mol. The molecule has 1 unspecified atom stereocenters. The molecule has 3 rings (SSSR count). The van der Waals surface area contributed by atoms with Gasteiger partial charge in [0.25, 0.3) is 0 Å². The largest absolute Gasteiger partial charge is 0.381 e. The van der Waals surface area contributed by atoms with Crippen molar-refractivity contribution in [2.45, 2.75) is 51.0 Å². The molecule has 0 aliphatic carbocycles. The van der Waals surface area contributed by atoms with Crippen LogP contribution < -0.4 is 5.32 Å². The number of likely N-dealkylation sites (tertiary alicyclic amines) is 1. The molecule has 138 valence electrons. The molecule has 1 N–H and O–H groups in total. The van der Waals surface area contributed by atoms with E-state index in [1.165, 1.54) is 0 Å². The van der Waals surface area contributed by atoms with E-state index >= 15 is 0 Å². The van der Waals surface area contributed by atoms with E-state index in [0.717, 1.165) is 76.9 Å². The minimum atomic E-state index is -0.250. The summed E-state index contributed by atoms with van der Waals surface area (Å²) in [5.41, 5.74) is 0.867. The summed E-state index contributed by atoms with van der Waals surface area (Å²) >= 11 is 0. The van der Waals surface area contributed by atoms with Crippen LogP contribution in [0.3, 0.4) is 0 Å². The summed E-state index contributed by atoms with van der Waals surface area (Å²) in [7, 11) is 1.77. The summed E-state index contributed by atoms with van der Waals surface area (Å²) in [5, 5.41) is 2.94. The minimum Gasteiger partial charge on any atom is -0.381 e. The molecule has 2 aliphatic rings. The molecule has 3 heterocycles. The van der Waals surface area contributed by atoms with Gasteiger partial charge in [-0.25, -0.2) is 0 Å². The van der Waals surface area contributed by atoms with Crippen LogP contribution in [0.5, 0.6) is 0 Å². The van der Waals surface area contributed by atoms with Gasteiger partial charge in [-0.3, -0.25) is 14.7 Å². The van der Waals surface area contributed by atoms with E-state index in [1.807, 2.05) is 18.3 Å². The lowest BCUT2D eigenvalue weighted by Crippen LogP contribution is -2.54. The summed E-state index contributed by atoms with van der Waals surface area (Å²) in [5.74, 6) is 0.213. The van der Waals surface area contributed by atoms with Gasteiger partial charge in [0.05, 0.1) is 5.41 Å². The first-order valence-corrected chi connectivity index (χ1v) is 9.67. The quantitative estimate of drug-likeness (QED) is 0.860. The third-order valence-corrected chi connectivity index (χ3v) is 5.84. The van der Waals surface area contributed by atoms with E-state index in [9.17, 15) is 4.79 Å². The number of nitrogens with zero attached hydrogens (tertiary/aromatic N) is 2. The molecule has 0 bridgehead atoms. The summed E-state index contributed by atoms with van der Waals surface area (Å²) in [6.45, 7) is 3.71. The Labute approximate surface area is 151 Å². The smallest absolute Gasteiger partial charge is 0.227 e. The Hall–Kier alpha value is -1.46. The van der Waals surface area contributed by atoms with E-state index in [4.69, 9.17) is 4.74 Å². The molecule has 2 saturated heterocycles. The van der Waals surface area contributed by atoms with Crippen molar-refractivity contribution in [3.63, 3.8) is 0 Å². The third-order valence-electron chi connectivity index (χ3n) is 5.84. The van der Waals surface area contributed by atoms with Crippen molar-refractivity contribution in [1.82, 2.24) is 15.2 Å². The van der Waals surface area contributed by atoms with Crippen molar-refractivity contribution < 1.29 is 9.53 Å². The first kappa shape index (κ1) is 18.3. The number of hydrogen-bond donors (Lipinski definition) is 1. The molecule has 1 atom stereocenters. The molecular formula is C20H31N3O2. The molecule has 25 heavy (non-hydrogen) atoms. The summed E-state index contributed by atoms with van der Waals surface area (Å²) in [4.78, 5) is 19.8. The Morgan fingerprint density at radius 3 is 2.96 bits per heavy atom. The lowest BCUT2D eigenvalue weighted by Gasteiger charge is -2.45. The van der Waals surface area contributed by atoms with Gasteiger partial charge in [-0.2, -0.15) is 0 Å². The minimum absolute atomic E-state index is 0.213. The lowest BCUT2D eigenvalue weighted by atomic mass is 9.74. The van der Waals surface area contributed by atoms with Crippen LogP contribution in [0.1, 0.15) is 44.2 Å². The van der Waals surface area contributed by atoms with Crippen LogP contribution in [-0.2, 0) is 16.0 Å². The van der Waals surface area contributed by atoms with Crippen LogP contribution in [0.15, 0.2) is 24.4 Å². The number of aromatic nitrogens is 1. The number of ether oxygens (including phenoxy) is 1. The number of carbonyl (C=O) groups excluding carboxylic acids is 1. The normalized spacial score (nSPS) is 25.6. The van der Waals surface area contributed by atoms with Gasteiger partial charge in [-0.1, -0.05) is 6.07 Å². The van der Waals surface area contributed by atoms with E-state index in [-0.39, 0.29) is 11.3 Å². The number of amides is 1. The zero-order chi connectivity index (χ0) is 17.5. The zero-order valence-corrected chi connectivity index (χ0v) is 15.4. The maximum atomic E-state index is 12.8. The molecule has 1 amide bonds. The van der Waals surface area contributed by atoms with Gasteiger partial charge in [-0.05, 0) is 63.6 Å². The highest BCUT2D eigenvalue weighted by Gasteiger charge is 2.42. The SMILES string of the molecule is CNC(=O)C1(CCCc2ccccn2)CCCN(C2CCOCC2)C1. The molecule has 0 aromatic carbocycles. The molecule has 1 aromatic rings. The lowest BCUT2D eigenvalue weighted by molar-refractivity contribution is -0.136. The molecule has 5 heteroatoms. The summed E-state index contributed by atoms with van der Waals surface area (Å²) in [6, 6.07) is 6.63. The highest BCUT2D eigenvalue weighted by Crippen LogP contribution is 2.37. The van der Waals surface area contributed by atoms with Crippen LogP contribution in [-0.4, -0.2) is 55.2 Å². The average Bonchev–Trinajstić information content (AvgIpc) is 2.69. The number of nitrogens with one attached hydrogen (secondary N) is 1. The topological polar surface area (TPSA) is 54.5 Å².